The van der Waals surface area contributed by atoms with Crippen LogP contribution in [-0.2, 0) is 4.79 Å². The summed E-state index contributed by atoms with van der Waals surface area (Å²) in [6.45, 7) is 1.70. The number of carbonyl (C=O) groups excluding carboxylic acids is 2. The maximum atomic E-state index is 11.2. The van der Waals surface area contributed by atoms with Crippen LogP contribution < -0.4 is 0 Å². The third kappa shape index (κ3) is 1.93. The Morgan fingerprint density at radius 2 is 2.23 bits per heavy atom. The van der Waals surface area contributed by atoms with E-state index in [0.29, 0.717) is 11.8 Å². The van der Waals surface area contributed by atoms with Crippen LogP contribution in [0, 0.1) is 6.92 Å². The van der Waals surface area contributed by atoms with E-state index in [4.69, 9.17) is 0 Å². The molecule has 0 radical (unpaired) electrons. The lowest BCUT2D eigenvalue weighted by molar-refractivity contribution is -0.107. The average molecular weight is 178 g/mol. The summed E-state index contributed by atoms with van der Waals surface area (Å²) in [7, 11) is 0. The topological polar surface area (TPSA) is 54.4 Å². The number of para-hydroxylation sites is 1. The number of hydrogen-bond donors (Lipinski definition) is 1. The van der Waals surface area contributed by atoms with Crippen LogP contribution in [0.25, 0.3) is 0 Å². The van der Waals surface area contributed by atoms with E-state index < -0.39 is 0 Å². The van der Waals surface area contributed by atoms with Gasteiger partial charge < -0.3 is 9.90 Å². The van der Waals surface area contributed by atoms with Gasteiger partial charge in [-0.25, -0.2) is 0 Å². The Morgan fingerprint density at radius 3 is 2.85 bits per heavy atom. The molecule has 1 N–H and O–H groups in total. The first kappa shape index (κ1) is 9.45. The highest BCUT2D eigenvalue weighted by Crippen LogP contribution is 2.22. The first-order valence-electron chi connectivity index (χ1n) is 3.92. The lowest BCUT2D eigenvalue weighted by Gasteiger charge is -2.03. The zero-order chi connectivity index (χ0) is 9.84. The van der Waals surface area contributed by atoms with Crippen molar-refractivity contribution in [3.8, 4) is 5.75 Å². The van der Waals surface area contributed by atoms with Crippen molar-refractivity contribution in [1.29, 1.82) is 0 Å². The third-order valence-corrected chi connectivity index (χ3v) is 1.81. The zero-order valence-electron chi connectivity index (χ0n) is 7.28. The molecule has 0 aromatic heterocycles. The van der Waals surface area contributed by atoms with Gasteiger partial charge in [0.2, 0.25) is 0 Å². The minimum absolute atomic E-state index is 0.0330. The molecule has 0 amide bonds. The van der Waals surface area contributed by atoms with E-state index in [0.717, 1.165) is 0 Å². The van der Waals surface area contributed by atoms with Gasteiger partial charge in [0, 0.05) is 0 Å². The van der Waals surface area contributed by atoms with Crippen molar-refractivity contribution in [2.45, 2.75) is 13.3 Å². The molecule has 0 aliphatic carbocycles. The Morgan fingerprint density at radius 1 is 1.54 bits per heavy atom. The predicted octanol–water partition coefficient (Wildman–Crippen LogP) is 1.47. The average Bonchev–Trinajstić information content (AvgIpc) is 2.10. The fourth-order valence-corrected chi connectivity index (χ4v) is 1.07. The molecular formula is C10H10O3. The number of aryl methyl sites for hydroxylation is 1. The number of hydrogen-bond acceptors (Lipinski definition) is 3. The molecule has 3 nitrogen and oxygen atoms in total. The molecule has 0 bridgehead atoms. The largest absolute Gasteiger partial charge is 0.507 e. The fraction of sp³-hybridized carbons (Fsp3) is 0.200. The zero-order valence-corrected chi connectivity index (χ0v) is 7.28. The first-order chi connectivity index (χ1) is 6.16. The maximum absolute atomic E-state index is 11.2. The number of ketones is 1. The molecule has 0 saturated carbocycles. The smallest absolute Gasteiger partial charge is 0.173 e. The molecular weight excluding hydrogens is 168 g/mol. The molecule has 0 saturated heterocycles. The summed E-state index contributed by atoms with van der Waals surface area (Å²) in [5.41, 5.74) is 0.851. The van der Waals surface area contributed by atoms with Crippen LogP contribution >= 0.6 is 0 Å². The predicted molar refractivity (Wildman–Crippen MR) is 47.9 cm³/mol. The summed E-state index contributed by atoms with van der Waals surface area (Å²) in [5, 5.41) is 9.46. The lowest BCUT2D eigenvalue weighted by Crippen LogP contribution is -2.00. The number of phenols is 1. The third-order valence-electron chi connectivity index (χ3n) is 1.81. The number of aldehydes is 1. The van der Waals surface area contributed by atoms with Crippen molar-refractivity contribution in [3.05, 3.63) is 29.3 Å². The van der Waals surface area contributed by atoms with Crippen LogP contribution in [-0.4, -0.2) is 17.2 Å². The van der Waals surface area contributed by atoms with Crippen molar-refractivity contribution in [2.75, 3.05) is 0 Å². The maximum Gasteiger partial charge on any atom is 0.173 e. The van der Waals surface area contributed by atoms with Crippen LogP contribution in [0.4, 0.5) is 0 Å². The summed E-state index contributed by atoms with van der Waals surface area (Å²) in [4.78, 5) is 21.3. The molecule has 0 atom stereocenters. The minimum atomic E-state index is -0.351. The Bertz CT molecular complexity index is 342. The molecule has 13 heavy (non-hydrogen) atoms. The van der Waals surface area contributed by atoms with Crippen LogP contribution in [0.2, 0.25) is 0 Å². The molecule has 0 heterocycles. The summed E-state index contributed by atoms with van der Waals surface area (Å²) < 4.78 is 0. The monoisotopic (exact) mass is 178 g/mol. The Kier molecular flexibility index (Phi) is 2.80. The second-order valence-electron chi connectivity index (χ2n) is 2.77. The highest BCUT2D eigenvalue weighted by atomic mass is 16.3. The van der Waals surface area contributed by atoms with E-state index in [2.05, 4.69) is 0 Å². The molecule has 0 spiro atoms. The SMILES string of the molecule is Cc1cccc(C(=O)CC=O)c1O. The molecule has 0 aliphatic heterocycles. The molecule has 0 fully saturated rings. The molecule has 0 aliphatic rings. The summed E-state index contributed by atoms with van der Waals surface area (Å²) in [6.07, 6.45) is 0.348. The van der Waals surface area contributed by atoms with E-state index >= 15 is 0 Å². The van der Waals surface area contributed by atoms with Crippen molar-refractivity contribution in [2.24, 2.45) is 0 Å². The number of carbonyl (C=O) groups is 2. The van der Waals surface area contributed by atoms with Gasteiger partial charge in [0.15, 0.2) is 5.78 Å². The quantitative estimate of drug-likeness (QED) is 0.433. The van der Waals surface area contributed by atoms with Crippen LogP contribution in [0.15, 0.2) is 18.2 Å². The number of aromatic hydroxyl groups is 1. The second-order valence-corrected chi connectivity index (χ2v) is 2.77. The highest BCUT2D eigenvalue weighted by Gasteiger charge is 2.10. The summed E-state index contributed by atoms with van der Waals surface area (Å²) in [5.74, 6) is -0.384. The van der Waals surface area contributed by atoms with Crippen molar-refractivity contribution < 1.29 is 14.7 Å². The van der Waals surface area contributed by atoms with E-state index in [9.17, 15) is 14.7 Å². The molecule has 1 rings (SSSR count). The van der Waals surface area contributed by atoms with Gasteiger partial charge in [0.1, 0.15) is 12.0 Å². The standard InChI is InChI=1S/C10H10O3/c1-7-3-2-4-8(10(7)13)9(12)5-6-11/h2-4,6,13H,5H2,1H3. The first-order valence-corrected chi connectivity index (χ1v) is 3.92. The van der Waals surface area contributed by atoms with E-state index in [1.807, 2.05) is 0 Å². The van der Waals surface area contributed by atoms with Gasteiger partial charge in [-0.2, -0.15) is 0 Å². The number of phenolic OH excluding ortho intramolecular Hbond substituents is 1. The van der Waals surface area contributed by atoms with Gasteiger partial charge in [0.25, 0.3) is 0 Å². The van der Waals surface area contributed by atoms with Gasteiger partial charge in [-0.05, 0) is 18.6 Å². The normalized spacial score (nSPS) is 9.62. The summed E-state index contributed by atoms with van der Waals surface area (Å²) in [6, 6.07) is 4.88. The molecule has 1 aromatic carbocycles. The van der Waals surface area contributed by atoms with Crippen molar-refractivity contribution >= 4 is 12.1 Å². The molecule has 3 heteroatoms. The van der Waals surface area contributed by atoms with E-state index in [1.54, 1.807) is 19.1 Å². The number of benzene rings is 1. The van der Waals surface area contributed by atoms with Crippen LogP contribution in [0.3, 0.4) is 0 Å². The molecule has 0 unspecified atom stereocenters. The highest BCUT2D eigenvalue weighted by molar-refractivity contribution is 6.04. The Labute approximate surface area is 76.0 Å². The van der Waals surface area contributed by atoms with E-state index in [-0.39, 0.29) is 23.5 Å². The fourth-order valence-electron chi connectivity index (χ4n) is 1.07. The molecule has 1 aromatic rings. The van der Waals surface area contributed by atoms with Gasteiger partial charge in [-0.15, -0.1) is 0 Å². The molecule has 68 valence electrons. The number of rotatable bonds is 3. The lowest BCUT2D eigenvalue weighted by atomic mass is 10.0. The minimum Gasteiger partial charge on any atom is -0.507 e. The van der Waals surface area contributed by atoms with Crippen molar-refractivity contribution in [3.63, 3.8) is 0 Å². The van der Waals surface area contributed by atoms with Crippen LogP contribution in [0.1, 0.15) is 22.3 Å². The van der Waals surface area contributed by atoms with Gasteiger partial charge in [-0.1, -0.05) is 12.1 Å². The van der Waals surface area contributed by atoms with Crippen LogP contribution in [0.5, 0.6) is 5.75 Å². The van der Waals surface area contributed by atoms with E-state index in [1.165, 1.54) is 6.07 Å². The van der Waals surface area contributed by atoms with Gasteiger partial charge in [0.05, 0.1) is 12.0 Å². The van der Waals surface area contributed by atoms with Crippen molar-refractivity contribution in [1.82, 2.24) is 0 Å². The summed E-state index contributed by atoms with van der Waals surface area (Å²) >= 11 is 0. The van der Waals surface area contributed by atoms with Gasteiger partial charge >= 0.3 is 0 Å². The second kappa shape index (κ2) is 3.85. The Balaban J connectivity index is 3.07. The Hall–Kier alpha value is -1.64. The number of Topliss-reactive ketones (excluding diaryl/α,β-unsaturated/α-hetero) is 1. The van der Waals surface area contributed by atoms with Gasteiger partial charge in [-0.3, -0.25) is 4.79 Å².